The van der Waals surface area contributed by atoms with Gasteiger partial charge in [0, 0.05) is 13.1 Å². The Balaban J connectivity index is 3.71. The van der Waals surface area contributed by atoms with Gasteiger partial charge in [-0.25, -0.2) is 4.79 Å². The number of carboxylic acids is 1. The molecule has 0 aromatic heterocycles. The van der Waals surface area contributed by atoms with Gasteiger partial charge in [-0.1, -0.05) is 6.92 Å². The van der Waals surface area contributed by atoms with Gasteiger partial charge in [0.05, 0.1) is 0 Å². The van der Waals surface area contributed by atoms with Crippen molar-refractivity contribution in [1.29, 1.82) is 0 Å². The summed E-state index contributed by atoms with van der Waals surface area (Å²) in [7, 11) is 0. The molecule has 0 rings (SSSR count). The van der Waals surface area contributed by atoms with E-state index in [9.17, 15) is 9.59 Å². The van der Waals surface area contributed by atoms with Gasteiger partial charge in [0.2, 0.25) is 0 Å². The summed E-state index contributed by atoms with van der Waals surface area (Å²) in [6, 6.07) is -0.574. The van der Waals surface area contributed by atoms with Crippen molar-refractivity contribution in [2.45, 2.75) is 45.8 Å². The zero-order chi connectivity index (χ0) is 13.5. The summed E-state index contributed by atoms with van der Waals surface area (Å²) >= 11 is 0. The third-order valence-corrected chi connectivity index (χ3v) is 1.89. The molecular weight excluding hydrogens is 224 g/mol. The number of carbonyl (C=O) groups is 2. The Morgan fingerprint density at radius 2 is 1.88 bits per heavy atom. The van der Waals surface area contributed by atoms with Crippen LogP contribution in [0.4, 0.5) is 4.79 Å². The number of aliphatic carboxylic acids is 1. The van der Waals surface area contributed by atoms with Crippen LogP contribution in [0, 0.1) is 0 Å². The van der Waals surface area contributed by atoms with Gasteiger partial charge in [0.25, 0.3) is 0 Å². The number of rotatable bonds is 6. The number of alkyl carbamates (subject to hydrolysis) is 1. The molecule has 0 aliphatic rings. The normalized spacial score (nSPS) is 12.9. The SMILES string of the molecule is CC[C@@H](NCCNC(=O)OC(C)(C)C)C(=O)O. The van der Waals surface area contributed by atoms with E-state index in [1.165, 1.54) is 0 Å². The van der Waals surface area contributed by atoms with Crippen LogP contribution in [-0.2, 0) is 9.53 Å². The van der Waals surface area contributed by atoms with Crippen molar-refractivity contribution in [3.63, 3.8) is 0 Å². The van der Waals surface area contributed by atoms with Crippen LogP contribution >= 0.6 is 0 Å². The van der Waals surface area contributed by atoms with Crippen molar-refractivity contribution in [2.24, 2.45) is 0 Å². The van der Waals surface area contributed by atoms with Crippen LogP contribution in [0.3, 0.4) is 0 Å². The Labute approximate surface area is 102 Å². The predicted molar refractivity (Wildman–Crippen MR) is 64.0 cm³/mol. The van der Waals surface area contributed by atoms with E-state index >= 15 is 0 Å². The summed E-state index contributed by atoms with van der Waals surface area (Å²) in [5.41, 5.74) is -0.523. The standard InChI is InChI=1S/C11H22N2O4/c1-5-8(9(14)15)12-6-7-13-10(16)17-11(2,3)4/h8,12H,5-7H2,1-4H3,(H,13,16)(H,14,15)/t8-/m1/s1. The topological polar surface area (TPSA) is 87.7 Å². The Bertz CT molecular complexity index is 261. The van der Waals surface area contributed by atoms with Crippen molar-refractivity contribution in [2.75, 3.05) is 13.1 Å². The fraction of sp³-hybridized carbons (Fsp3) is 0.818. The monoisotopic (exact) mass is 246 g/mol. The summed E-state index contributed by atoms with van der Waals surface area (Å²) in [5.74, 6) is -0.884. The largest absolute Gasteiger partial charge is 0.480 e. The minimum Gasteiger partial charge on any atom is -0.480 e. The van der Waals surface area contributed by atoms with Crippen LogP contribution in [0.5, 0.6) is 0 Å². The molecule has 3 N–H and O–H groups in total. The zero-order valence-corrected chi connectivity index (χ0v) is 10.9. The van der Waals surface area contributed by atoms with Crippen LogP contribution in [0.25, 0.3) is 0 Å². The molecule has 0 spiro atoms. The highest BCUT2D eigenvalue weighted by Gasteiger charge is 2.16. The van der Waals surface area contributed by atoms with Crippen LogP contribution in [-0.4, -0.2) is 41.9 Å². The fourth-order valence-corrected chi connectivity index (χ4v) is 1.13. The average molecular weight is 246 g/mol. The molecule has 0 bridgehead atoms. The lowest BCUT2D eigenvalue weighted by Gasteiger charge is -2.20. The second-order valence-corrected chi connectivity index (χ2v) is 4.68. The molecule has 0 aliphatic heterocycles. The first-order valence-corrected chi connectivity index (χ1v) is 5.69. The van der Waals surface area contributed by atoms with Gasteiger partial charge in [0.1, 0.15) is 11.6 Å². The number of nitrogens with one attached hydrogen (secondary N) is 2. The van der Waals surface area contributed by atoms with Crippen LogP contribution in [0.15, 0.2) is 0 Å². The molecule has 0 saturated heterocycles. The first-order valence-electron chi connectivity index (χ1n) is 5.69. The number of carboxylic acid groups (broad SMARTS) is 1. The smallest absolute Gasteiger partial charge is 0.407 e. The van der Waals surface area contributed by atoms with Crippen molar-refractivity contribution in [3.05, 3.63) is 0 Å². The van der Waals surface area contributed by atoms with Crippen molar-refractivity contribution >= 4 is 12.1 Å². The second kappa shape index (κ2) is 7.11. The molecule has 6 nitrogen and oxygen atoms in total. The molecule has 0 aliphatic carbocycles. The first kappa shape index (κ1) is 15.7. The van der Waals surface area contributed by atoms with Crippen LogP contribution < -0.4 is 10.6 Å². The summed E-state index contributed by atoms with van der Waals surface area (Å²) in [4.78, 5) is 21.9. The van der Waals surface area contributed by atoms with E-state index in [0.29, 0.717) is 19.5 Å². The molecule has 100 valence electrons. The minimum atomic E-state index is -0.884. The summed E-state index contributed by atoms with van der Waals surface area (Å²) in [6.45, 7) is 7.85. The van der Waals surface area contributed by atoms with E-state index in [2.05, 4.69) is 10.6 Å². The Hall–Kier alpha value is -1.30. The zero-order valence-electron chi connectivity index (χ0n) is 10.9. The third kappa shape index (κ3) is 8.50. The lowest BCUT2D eigenvalue weighted by molar-refractivity contribution is -0.139. The number of amides is 1. The fourth-order valence-electron chi connectivity index (χ4n) is 1.13. The third-order valence-electron chi connectivity index (χ3n) is 1.89. The quantitative estimate of drug-likeness (QED) is 0.608. The highest BCUT2D eigenvalue weighted by Crippen LogP contribution is 2.05. The number of carbonyl (C=O) groups excluding carboxylic acids is 1. The van der Waals surface area contributed by atoms with Gasteiger partial charge < -0.3 is 20.5 Å². The lowest BCUT2D eigenvalue weighted by Crippen LogP contribution is -2.42. The molecule has 6 heteroatoms. The molecular formula is C11H22N2O4. The number of ether oxygens (including phenoxy) is 1. The summed E-state index contributed by atoms with van der Waals surface area (Å²) in [5, 5.41) is 14.1. The molecule has 0 aromatic rings. The van der Waals surface area contributed by atoms with Crippen molar-refractivity contribution in [3.8, 4) is 0 Å². The second-order valence-electron chi connectivity index (χ2n) is 4.68. The summed E-state index contributed by atoms with van der Waals surface area (Å²) < 4.78 is 5.02. The molecule has 0 heterocycles. The molecule has 0 aromatic carbocycles. The Morgan fingerprint density at radius 3 is 2.29 bits per heavy atom. The van der Waals surface area contributed by atoms with E-state index < -0.39 is 23.7 Å². The molecule has 0 fully saturated rings. The van der Waals surface area contributed by atoms with Crippen LogP contribution in [0.2, 0.25) is 0 Å². The predicted octanol–water partition coefficient (Wildman–Crippen LogP) is 0.964. The maximum absolute atomic E-state index is 11.2. The van der Waals surface area contributed by atoms with E-state index in [1.54, 1.807) is 27.7 Å². The first-order chi connectivity index (χ1) is 7.76. The van der Waals surface area contributed by atoms with Crippen molar-refractivity contribution in [1.82, 2.24) is 10.6 Å². The maximum atomic E-state index is 11.2. The Kier molecular flexibility index (Phi) is 6.57. The molecule has 1 atom stereocenters. The molecule has 1 amide bonds. The van der Waals surface area contributed by atoms with E-state index in [4.69, 9.17) is 9.84 Å². The van der Waals surface area contributed by atoms with Gasteiger partial charge in [-0.3, -0.25) is 4.79 Å². The molecule has 0 radical (unpaired) electrons. The number of hydrogen-bond donors (Lipinski definition) is 3. The average Bonchev–Trinajstić information content (AvgIpc) is 2.14. The highest BCUT2D eigenvalue weighted by molar-refractivity contribution is 5.73. The number of hydrogen-bond acceptors (Lipinski definition) is 4. The van der Waals surface area contributed by atoms with Gasteiger partial charge in [-0.05, 0) is 27.2 Å². The van der Waals surface area contributed by atoms with Gasteiger partial charge in [0.15, 0.2) is 0 Å². The van der Waals surface area contributed by atoms with Gasteiger partial charge >= 0.3 is 12.1 Å². The highest BCUT2D eigenvalue weighted by atomic mass is 16.6. The molecule has 0 saturated carbocycles. The lowest BCUT2D eigenvalue weighted by atomic mass is 10.2. The Morgan fingerprint density at radius 1 is 1.29 bits per heavy atom. The molecule has 0 unspecified atom stereocenters. The van der Waals surface area contributed by atoms with E-state index in [1.807, 2.05) is 0 Å². The van der Waals surface area contributed by atoms with Gasteiger partial charge in [-0.2, -0.15) is 0 Å². The van der Waals surface area contributed by atoms with Crippen LogP contribution in [0.1, 0.15) is 34.1 Å². The maximum Gasteiger partial charge on any atom is 0.407 e. The van der Waals surface area contributed by atoms with E-state index in [-0.39, 0.29) is 0 Å². The van der Waals surface area contributed by atoms with Crippen molar-refractivity contribution < 1.29 is 19.4 Å². The minimum absolute atomic E-state index is 0.332. The van der Waals surface area contributed by atoms with Gasteiger partial charge in [-0.15, -0.1) is 0 Å². The molecule has 17 heavy (non-hydrogen) atoms. The summed E-state index contributed by atoms with van der Waals surface area (Å²) in [6.07, 6.45) is 0.00423. The van der Waals surface area contributed by atoms with E-state index in [0.717, 1.165) is 0 Å².